The van der Waals surface area contributed by atoms with Crippen LogP contribution in [0.4, 0.5) is 0 Å². The molecule has 0 saturated carbocycles. The highest BCUT2D eigenvalue weighted by Crippen LogP contribution is 2.27. The second kappa shape index (κ2) is 9.70. The van der Waals surface area contributed by atoms with E-state index in [1.54, 1.807) is 4.90 Å². The third-order valence-corrected chi connectivity index (χ3v) is 5.57. The van der Waals surface area contributed by atoms with Crippen molar-refractivity contribution in [2.24, 2.45) is 5.92 Å². The van der Waals surface area contributed by atoms with Crippen LogP contribution in [0.5, 0.6) is 0 Å². The van der Waals surface area contributed by atoms with Crippen LogP contribution < -0.4 is 0 Å². The summed E-state index contributed by atoms with van der Waals surface area (Å²) in [5, 5.41) is 9.32. The molecule has 1 saturated heterocycles. The molecule has 1 aliphatic heterocycles. The first kappa shape index (κ1) is 21.1. The van der Waals surface area contributed by atoms with Crippen molar-refractivity contribution < 1.29 is 14.7 Å². The lowest BCUT2D eigenvalue weighted by atomic mass is 9.91. The summed E-state index contributed by atoms with van der Waals surface area (Å²) in [5.41, 5.74) is 4.55. The first-order chi connectivity index (χ1) is 14.0. The predicted octanol–water partition coefficient (Wildman–Crippen LogP) is 2.89. The van der Waals surface area contributed by atoms with E-state index in [0.717, 1.165) is 23.1 Å². The summed E-state index contributed by atoms with van der Waals surface area (Å²) >= 11 is 0. The molecule has 0 aromatic heterocycles. The zero-order valence-electron chi connectivity index (χ0n) is 17.3. The molecule has 1 heterocycles. The lowest BCUT2D eigenvalue weighted by Gasteiger charge is -2.24. The van der Waals surface area contributed by atoms with E-state index in [-0.39, 0.29) is 17.7 Å². The molecule has 154 valence electrons. The molecule has 3 rings (SSSR count). The largest absolute Gasteiger partial charge is 0.387 e. The van der Waals surface area contributed by atoms with Crippen LogP contribution in [-0.4, -0.2) is 59.5 Å². The topological polar surface area (TPSA) is 60.9 Å². The quantitative estimate of drug-likeness (QED) is 0.820. The van der Waals surface area contributed by atoms with Crippen LogP contribution in [0.3, 0.4) is 0 Å². The zero-order valence-corrected chi connectivity index (χ0v) is 17.3. The van der Waals surface area contributed by atoms with Gasteiger partial charge in [0.25, 0.3) is 0 Å². The Labute approximate surface area is 172 Å². The zero-order chi connectivity index (χ0) is 20.8. The van der Waals surface area contributed by atoms with E-state index in [0.29, 0.717) is 32.6 Å². The van der Waals surface area contributed by atoms with Crippen molar-refractivity contribution in [3.05, 3.63) is 59.7 Å². The monoisotopic (exact) mass is 394 g/mol. The Bertz CT molecular complexity index is 847. The number of aliphatic hydroxyl groups excluding tert-OH is 1. The van der Waals surface area contributed by atoms with Gasteiger partial charge < -0.3 is 14.9 Å². The number of amides is 2. The minimum absolute atomic E-state index is 0.0961. The molecule has 1 N–H and O–H groups in total. The van der Waals surface area contributed by atoms with E-state index in [9.17, 15) is 14.7 Å². The van der Waals surface area contributed by atoms with Crippen molar-refractivity contribution in [1.29, 1.82) is 0 Å². The molecule has 5 nitrogen and oxygen atoms in total. The van der Waals surface area contributed by atoms with Crippen LogP contribution >= 0.6 is 0 Å². The van der Waals surface area contributed by atoms with E-state index in [4.69, 9.17) is 0 Å². The van der Waals surface area contributed by atoms with Crippen molar-refractivity contribution in [1.82, 2.24) is 9.80 Å². The maximum atomic E-state index is 13.2. The van der Waals surface area contributed by atoms with Crippen molar-refractivity contribution in [2.75, 3.05) is 32.8 Å². The van der Waals surface area contributed by atoms with E-state index in [2.05, 4.69) is 50.2 Å². The minimum Gasteiger partial charge on any atom is -0.387 e. The fourth-order valence-corrected chi connectivity index (χ4v) is 3.99. The molecule has 0 spiro atoms. The Morgan fingerprint density at radius 1 is 1.10 bits per heavy atom. The maximum absolute atomic E-state index is 13.2. The van der Waals surface area contributed by atoms with Crippen molar-refractivity contribution in [2.45, 2.75) is 26.7 Å². The van der Waals surface area contributed by atoms with Gasteiger partial charge in [-0.1, -0.05) is 61.0 Å². The summed E-state index contributed by atoms with van der Waals surface area (Å²) in [6, 6.07) is 16.5. The van der Waals surface area contributed by atoms with Gasteiger partial charge in [0.15, 0.2) is 0 Å². The second-order valence-corrected chi connectivity index (χ2v) is 7.75. The molecule has 29 heavy (non-hydrogen) atoms. The molecule has 5 heteroatoms. The summed E-state index contributed by atoms with van der Waals surface area (Å²) in [4.78, 5) is 28.9. The number of benzene rings is 2. The number of carbonyl (C=O) groups excluding carboxylic acids is 2. The van der Waals surface area contributed by atoms with Gasteiger partial charge in [-0.25, -0.2) is 0 Å². The van der Waals surface area contributed by atoms with Crippen LogP contribution in [0.1, 0.15) is 24.5 Å². The normalized spacial score (nSPS) is 17.3. The Morgan fingerprint density at radius 2 is 1.83 bits per heavy atom. The number of carbonyl (C=O) groups is 2. The van der Waals surface area contributed by atoms with Crippen LogP contribution in [0.15, 0.2) is 48.5 Å². The van der Waals surface area contributed by atoms with Crippen molar-refractivity contribution in [3.63, 3.8) is 0 Å². The van der Waals surface area contributed by atoms with Gasteiger partial charge in [-0.3, -0.25) is 9.59 Å². The van der Waals surface area contributed by atoms with Gasteiger partial charge in [0.1, 0.15) is 6.61 Å². The highest BCUT2D eigenvalue weighted by atomic mass is 16.3. The highest BCUT2D eigenvalue weighted by Gasteiger charge is 2.32. The summed E-state index contributed by atoms with van der Waals surface area (Å²) in [6.45, 7) is 5.63. The van der Waals surface area contributed by atoms with Gasteiger partial charge in [-0.05, 0) is 36.5 Å². The molecule has 0 radical (unpaired) electrons. The lowest BCUT2D eigenvalue weighted by molar-refractivity contribution is -0.135. The first-order valence-electron chi connectivity index (χ1n) is 10.4. The summed E-state index contributed by atoms with van der Waals surface area (Å²) in [6.07, 6.45) is 1.45. The third kappa shape index (κ3) is 5.04. The third-order valence-electron chi connectivity index (χ3n) is 5.57. The van der Waals surface area contributed by atoms with Gasteiger partial charge in [-0.15, -0.1) is 0 Å². The number of aliphatic hydroxyl groups is 1. The van der Waals surface area contributed by atoms with Gasteiger partial charge >= 0.3 is 0 Å². The van der Waals surface area contributed by atoms with E-state index in [1.807, 2.05) is 17.0 Å². The highest BCUT2D eigenvalue weighted by molar-refractivity contribution is 5.83. The molecule has 2 aromatic rings. The molecular formula is C24H30N2O3. The van der Waals surface area contributed by atoms with Crippen LogP contribution in [0.25, 0.3) is 11.1 Å². The van der Waals surface area contributed by atoms with Gasteiger partial charge in [0.05, 0.1) is 5.92 Å². The van der Waals surface area contributed by atoms with Gasteiger partial charge in [0.2, 0.25) is 11.8 Å². The summed E-state index contributed by atoms with van der Waals surface area (Å²) in [5.74, 6) is -0.530. The number of hydrogen-bond donors (Lipinski definition) is 1. The Kier molecular flexibility index (Phi) is 7.04. The molecule has 0 bridgehead atoms. The number of aryl methyl sites for hydroxylation is 1. The van der Waals surface area contributed by atoms with Crippen molar-refractivity contribution in [3.8, 4) is 11.1 Å². The summed E-state index contributed by atoms with van der Waals surface area (Å²) < 4.78 is 0. The van der Waals surface area contributed by atoms with Crippen LogP contribution in [0, 0.1) is 12.8 Å². The standard InChI is InChI=1S/C24H30N2O3/c1-3-12-25-13-14-26(23(28)17-27)16-21(24(25)29)15-20-6-4-5-7-22(20)19-10-8-18(2)9-11-19/h4-11,21,27H,3,12-17H2,1-2H3. The Hall–Kier alpha value is -2.66. The summed E-state index contributed by atoms with van der Waals surface area (Å²) in [7, 11) is 0. The molecule has 2 amide bonds. The average Bonchev–Trinajstić information content (AvgIpc) is 2.89. The lowest BCUT2D eigenvalue weighted by Crippen LogP contribution is -2.39. The minimum atomic E-state index is -0.519. The molecule has 1 atom stereocenters. The average molecular weight is 395 g/mol. The predicted molar refractivity (Wildman–Crippen MR) is 114 cm³/mol. The molecule has 1 aliphatic rings. The first-order valence-corrected chi connectivity index (χ1v) is 10.4. The fourth-order valence-electron chi connectivity index (χ4n) is 3.99. The maximum Gasteiger partial charge on any atom is 0.248 e. The SMILES string of the molecule is CCCN1CCN(C(=O)CO)CC(Cc2ccccc2-c2ccc(C)cc2)C1=O. The molecule has 1 fully saturated rings. The van der Waals surface area contributed by atoms with E-state index >= 15 is 0 Å². The van der Waals surface area contributed by atoms with Gasteiger partial charge in [0, 0.05) is 26.2 Å². The molecule has 0 aliphatic carbocycles. The van der Waals surface area contributed by atoms with Gasteiger partial charge in [-0.2, -0.15) is 0 Å². The van der Waals surface area contributed by atoms with Crippen LogP contribution in [-0.2, 0) is 16.0 Å². The molecule has 1 unspecified atom stereocenters. The number of hydrogen-bond acceptors (Lipinski definition) is 3. The second-order valence-electron chi connectivity index (χ2n) is 7.75. The Morgan fingerprint density at radius 3 is 2.52 bits per heavy atom. The van der Waals surface area contributed by atoms with Crippen LogP contribution in [0.2, 0.25) is 0 Å². The van der Waals surface area contributed by atoms with E-state index < -0.39 is 6.61 Å². The smallest absolute Gasteiger partial charge is 0.248 e. The Balaban J connectivity index is 1.90. The van der Waals surface area contributed by atoms with Crippen molar-refractivity contribution >= 4 is 11.8 Å². The number of nitrogens with zero attached hydrogens (tertiary/aromatic N) is 2. The molecular weight excluding hydrogens is 364 g/mol. The van der Waals surface area contributed by atoms with E-state index in [1.165, 1.54) is 5.56 Å². The number of rotatable bonds is 6. The molecule has 2 aromatic carbocycles. The fraction of sp³-hybridized carbons (Fsp3) is 0.417.